The van der Waals surface area contributed by atoms with Gasteiger partial charge in [0.1, 0.15) is 9.88 Å². The van der Waals surface area contributed by atoms with E-state index >= 15 is 0 Å². The Morgan fingerprint density at radius 3 is 2.47 bits per heavy atom. The number of amides is 1. The number of anilines is 1. The van der Waals surface area contributed by atoms with Crippen LogP contribution in [-0.2, 0) is 14.3 Å². The van der Waals surface area contributed by atoms with E-state index in [1.165, 1.54) is 6.08 Å². The smallest absolute Gasteiger partial charge is 0.348 e. The highest BCUT2D eigenvalue weighted by Crippen LogP contribution is 2.35. The minimum Gasteiger partial charge on any atom is -0.493 e. The van der Waals surface area contributed by atoms with Crippen LogP contribution in [0.4, 0.5) is 5.00 Å². The predicted octanol–water partition coefficient (Wildman–Crippen LogP) is 5.25. The van der Waals surface area contributed by atoms with Crippen LogP contribution in [0.3, 0.4) is 0 Å². The summed E-state index contributed by atoms with van der Waals surface area (Å²) in [5, 5.41) is 2.91. The summed E-state index contributed by atoms with van der Waals surface area (Å²) >= 11 is 0.978. The van der Waals surface area contributed by atoms with Crippen LogP contribution in [0, 0.1) is 6.92 Å². The predicted molar refractivity (Wildman–Crippen MR) is 132 cm³/mol. The Bertz CT molecular complexity index is 1060. The number of thiophene rings is 1. The molecule has 0 radical (unpaired) electrons. The maximum Gasteiger partial charge on any atom is 0.348 e. The van der Waals surface area contributed by atoms with Gasteiger partial charge in [0.05, 0.1) is 32.0 Å². The first-order chi connectivity index (χ1) is 16.2. The Morgan fingerprint density at radius 2 is 1.85 bits per heavy atom. The van der Waals surface area contributed by atoms with Crippen LogP contribution in [0.25, 0.3) is 6.08 Å². The van der Waals surface area contributed by atoms with E-state index in [1.54, 1.807) is 59.1 Å². The Kier molecular flexibility index (Phi) is 10.1. The second kappa shape index (κ2) is 12.8. The molecule has 0 saturated carbocycles. The fourth-order valence-electron chi connectivity index (χ4n) is 2.96. The molecule has 1 amide bonds. The van der Waals surface area contributed by atoms with Crippen LogP contribution in [0.15, 0.2) is 24.3 Å². The third kappa shape index (κ3) is 7.08. The highest BCUT2D eigenvalue weighted by atomic mass is 32.1. The molecule has 0 saturated heterocycles. The normalized spacial score (nSPS) is 10.9. The second-order valence-corrected chi connectivity index (χ2v) is 8.54. The van der Waals surface area contributed by atoms with Crippen LogP contribution in [0.1, 0.15) is 65.3 Å². The summed E-state index contributed by atoms with van der Waals surface area (Å²) in [7, 11) is 1.55. The average molecular weight is 490 g/mol. The zero-order chi connectivity index (χ0) is 25.3. The van der Waals surface area contributed by atoms with Crippen molar-refractivity contribution in [2.24, 2.45) is 0 Å². The van der Waals surface area contributed by atoms with E-state index in [-0.39, 0.29) is 28.2 Å². The number of hydrogen-bond donors (Lipinski definition) is 1. The van der Waals surface area contributed by atoms with E-state index in [9.17, 15) is 14.4 Å². The highest BCUT2D eigenvalue weighted by molar-refractivity contribution is 7.18. The molecule has 0 fully saturated rings. The Hall–Kier alpha value is -3.33. The van der Waals surface area contributed by atoms with Crippen LogP contribution in [0.2, 0.25) is 0 Å². The molecule has 9 heteroatoms. The molecule has 1 N–H and O–H groups in total. The van der Waals surface area contributed by atoms with Crippen molar-refractivity contribution in [3.05, 3.63) is 45.8 Å². The monoisotopic (exact) mass is 489 g/mol. The summed E-state index contributed by atoms with van der Waals surface area (Å²) in [6.45, 7) is 9.52. The number of nitrogens with one attached hydrogen (secondary N) is 1. The van der Waals surface area contributed by atoms with Crippen molar-refractivity contribution in [2.45, 2.75) is 47.1 Å². The summed E-state index contributed by atoms with van der Waals surface area (Å²) in [5.41, 5.74) is 1.27. The number of benzene rings is 1. The molecule has 0 spiro atoms. The number of carbonyl (C=O) groups excluding carboxylic acids is 3. The van der Waals surface area contributed by atoms with Gasteiger partial charge in [-0.05, 0) is 63.5 Å². The van der Waals surface area contributed by atoms with Crippen LogP contribution in [-0.4, -0.2) is 44.3 Å². The zero-order valence-corrected chi connectivity index (χ0v) is 21.2. The molecule has 0 aliphatic heterocycles. The van der Waals surface area contributed by atoms with E-state index < -0.39 is 17.8 Å². The van der Waals surface area contributed by atoms with Gasteiger partial charge in [0.25, 0.3) is 0 Å². The van der Waals surface area contributed by atoms with Crippen molar-refractivity contribution < 1.29 is 33.3 Å². The molecule has 1 aromatic carbocycles. The molecular weight excluding hydrogens is 458 g/mol. The fourth-order valence-corrected chi connectivity index (χ4v) is 4.04. The first-order valence-corrected chi connectivity index (χ1v) is 11.8. The molecule has 2 aromatic rings. The molecule has 1 heterocycles. The molecular formula is C25H31NO7S. The lowest BCUT2D eigenvalue weighted by Gasteiger charge is -2.10. The molecule has 0 atom stereocenters. The molecule has 1 aromatic heterocycles. The fraction of sp³-hybridized carbons (Fsp3) is 0.400. The molecule has 0 aliphatic rings. The van der Waals surface area contributed by atoms with Gasteiger partial charge in [-0.25, -0.2) is 9.59 Å². The van der Waals surface area contributed by atoms with Crippen LogP contribution >= 0.6 is 11.3 Å². The van der Waals surface area contributed by atoms with Crippen molar-refractivity contribution in [1.82, 2.24) is 0 Å². The number of hydrogen-bond acceptors (Lipinski definition) is 8. The standard InChI is InChI=1S/C25H31NO7S/c1-7-13-32-18-11-9-17(14-19(18)30-6)10-12-20(27)26-23-21(24(28)31-8-2)16(5)22(34-23)25(29)33-15(3)4/h9-12,14-15H,7-8,13H2,1-6H3,(H,26,27)/b12-10+. The molecule has 0 unspecified atom stereocenters. The van der Waals surface area contributed by atoms with Gasteiger partial charge in [-0.3, -0.25) is 4.79 Å². The van der Waals surface area contributed by atoms with Gasteiger partial charge < -0.3 is 24.3 Å². The lowest BCUT2D eigenvalue weighted by atomic mass is 10.1. The van der Waals surface area contributed by atoms with E-state index in [0.717, 1.165) is 23.3 Å². The maximum absolute atomic E-state index is 12.6. The van der Waals surface area contributed by atoms with Gasteiger partial charge in [0.15, 0.2) is 11.5 Å². The van der Waals surface area contributed by atoms with Crippen molar-refractivity contribution >= 4 is 40.3 Å². The number of rotatable bonds is 11. The first-order valence-electron chi connectivity index (χ1n) is 11.0. The number of esters is 2. The van der Waals surface area contributed by atoms with Crippen molar-refractivity contribution in [3.63, 3.8) is 0 Å². The molecule has 8 nitrogen and oxygen atoms in total. The minimum absolute atomic E-state index is 0.142. The van der Waals surface area contributed by atoms with E-state index in [4.69, 9.17) is 18.9 Å². The Balaban J connectivity index is 2.26. The summed E-state index contributed by atoms with van der Waals surface area (Å²) in [5.74, 6) is -0.466. The Labute approximate surface area is 203 Å². The summed E-state index contributed by atoms with van der Waals surface area (Å²) < 4.78 is 21.4. The maximum atomic E-state index is 12.6. The van der Waals surface area contributed by atoms with Crippen molar-refractivity contribution in [2.75, 3.05) is 25.6 Å². The lowest BCUT2D eigenvalue weighted by Crippen LogP contribution is -2.13. The SMILES string of the molecule is CCCOc1ccc(/C=C/C(=O)Nc2sc(C(=O)OC(C)C)c(C)c2C(=O)OCC)cc1OC. The van der Waals surface area contributed by atoms with Gasteiger partial charge in [-0.15, -0.1) is 11.3 Å². The van der Waals surface area contributed by atoms with Gasteiger partial charge in [0, 0.05) is 6.08 Å². The van der Waals surface area contributed by atoms with Gasteiger partial charge in [0.2, 0.25) is 5.91 Å². The van der Waals surface area contributed by atoms with Gasteiger partial charge in [-0.2, -0.15) is 0 Å². The Morgan fingerprint density at radius 1 is 1.12 bits per heavy atom. The van der Waals surface area contributed by atoms with Gasteiger partial charge >= 0.3 is 11.9 Å². The van der Waals surface area contributed by atoms with Gasteiger partial charge in [-0.1, -0.05) is 13.0 Å². The van der Waals surface area contributed by atoms with Crippen molar-refractivity contribution in [1.29, 1.82) is 0 Å². The average Bonchev–Trinajstić information content (AvgIpc) is 3.11. The molecule has 184 valence electrons. The topological polar surface area (TPSA) is 100 Å². The van der Waals surface area contributed by atoms with E-state index in [0.29, 0.717) is 23.7 Å². The lowest BCUT2D eigenvalue weighted by molar-refractivity contribution is -0.111. The van der Waals surface area contributed by atoms with Crippen LogP contribution in [0.5, 0.6) is 11.5 Å². The number of ether oxygens (including phenoxy) is 4. The van der Waals surface area contributed by atoms with Crippen molar-refractivity contribution in [3.8, 4) is 11.5 Å². The number of methoxy groups -OCH3 is 1. The summed E-state index contributed by atoms with van der Waals surface area (Å²) in [6.07, 6.45) is 3.49. The molecule has 34 heavy (non-hydrogen) atoms. The third-order valence-corrected chi connectivity index (χ3v) is 5.66. The zero-order valence-electron chi connectivity index (χ0n) is 20.4. The largest absolute Gasteiger partial charge is 0.493 e. The van der Waals surface area contributed by atoms with E-state index in [1.807, 2.05) is 6.92 Å². The number of carbonyl (C=O) groups is 3. The highest BCUT2D eigenvalue weighted by Gasteiger charge is 2.27. The third-order valence-electron chi connectivity index (χ3n) is 4.47. The van der Waals surface area contributed by atoms with E-state index in [2.05, 4.69) is 5.32 Å². The second-order valence-electron chi connectivity index (χ2n) is 7.52. The molecule has 2 rings (SSSR count). The van der Waals surface area contributed by atoms with Crippen LogP contribution < -0.4 is 14.8 Å². The quantitative estimate of drug-likeness (QED) is 0.340. The first kappa shape index (κ1) is 26.9. The summed E-state index contributed by atoms with van der Waals surface area (Å²) in [4.78, 5) is 37.9. The molecule has 0 bridgehead atoms. The summed E-state index contributed by atoms with van der Waals surface area (Å²) in [6, 6.07) is 5.34. The molecule has 0 aliphatic carbocycles. The minimum atomic E-state index is -0.619.